The Bertz CT molecular complexity index is 271. The number of nitrogens with one attached hydrogen (secondary N) is 4. The van der Waals surface area contributed by atoms with E-state index in [9.17, 15) is 0 Å². The second-order valence-electron chi connectivity index (χ2n) is 8.45. The molecule has 0 amide bonds. The van der Waals surface area contributed by atoms with Gasteiger partial charge in [0.15, 0.2) is 0 Å². The fraction of sp³-hybridized carbons (Fsp3) is 1.00. The van der Waals surface area contributed by atoms with Crippen molar-refractivity contribution in [1.82, 2.24) is 21.3 Å². The first-order valence-corrected chi connectivity index (χ1v) is 9.17. The van der Waals surface area contributed by atoms with Gasteiger partial charge in [0.25, 0.3) is 0 Å². The van der Waals surface area contributed by atoms with Crippen LogP contribution in [0.2, 0.25) is 0 Å². The molecular weight excluding hydrogens is 272 g/mol. The first-order valence-electron chi connectivity index (χ1n) is 9.17. The summed E-state index contributed by atoms with van der Waals surface area (Å²) in [5.41, 5.74) is 0.407. The molecule has 0 aromatic rings. The third-order valence-corrected chi connectivity index (χ3v) is 4.53. The summed E-state index contributed by atoms with van der Waals surface area (Å²) in [7, 11) is 0. The minimum Gasteiger partial charge on any atom is -0.314 e. The Balaban J connectivity index is 2.51. The van der Waals surface area contributed by atoms with Crippen LogP contribution >= 0.6 is 0 Å². The van der Waals surface area contributed by atoms with Gasteiger partial charge in [-0.1, -0.05) is 0 Å². The van der Waals surface area contributed by atoms with E-state index in [-0.39, 0.29) is 11.1 Å². The van der Waals surface area contributed by atoms with Crippen LogP contribution in [-0.2, 0) is 0 Å². The van der Waals surface area contributed by atoms with Crippen LogP contribution in [0.1, 0.15) is 67.2 Å². The first kappa shape index (κ1) is 19.9. The van der Waals surface area contributed by atoms with Gasteiger partial charge in [0.05, 0.1) is 0 Å². The SMILES string of the molecule is C[C@H]1CC(C)(C)NCCCN[C@@H](C)CC(C)(C)NCCCN1. The highest BCUT2D eigenvalue weighted by molar-refractivity contribution is 4.84. The second-order valence-corrected chi connectivity index (χ2v) is 8.45. The maximum atomic E-state index is 3.71. The quantitative estimate of drug-likeness (QED) is 0.554. The maximum absolute atomic E-state index is 3.71. The van der Waals surface area contributed by atoms with Crippen molar-refractivity contribution in [1.29, 1.82) is 0 Å². The number of hydrogen-bond acceptors (Lipinski definition) is 4. The lowest BCUT2D eigenvalue weighted by molar-refractivity contribution is 0.294. The Morgan fingerprint density at radius 3 is 1.36 bits per heavy atom. The van der Waals surface area contributed by atoms with Gasteiger partial charge in [0.1, 0.15) is 0 Å². The van der Waals surface area contributed by atoms with Crippen molar-refractivity contribution in [2.45, 2.75) is 90.4 Å². The van der Waals surface area contributed by atoms with E-state index in [1.165, 1.54) is 12.8 Å². The lowest BCUT2D eigenvalue weighted by atomic mass is 9.95. The highest BCUT2D eigenvalue weighted by Crippen LogP contribution is 2.13. The fourth-order valence-corrected chi connectivity index (χ4v) is 3.55. The third kappa shape index (κ3) is 9.09. The summed E-state index contributed by atoms with van der Waals surface area (Å²) in [6.07, 6.45) is 4.69. The fourth-order valence-electron chi connectivity index (χ4n) is 3.55. The Morgan fingerprint density at radius 1 is 0.636 bits per heavy atom. The highest BCUT2D eigenvalue weighted by Gasteiger charge is 2.22. The molecule has 4 nitrogen and oxygen atoms in total. The van der Waals surface area contributed by atoms with Gasteiger partial charge in [0.2, 0.25) is 0 Å². The topological polar surface area (TPSA) is 48.1 Å². The van der Waals surface area contributed by atoms with Crippen LogP contribution in [0.25, 0.3) is 0 Å². The molecule has 0 spiro atoms. The second kappa shape index (κ2) is 9.21. The Kier molecular flexibility index (Phi) is 8.33. The molecule has 0 aromatic carbocycles. The van der Waals surface area contributed by atoms with E-state index in [1.807, 2.05) is 0 Å². The summed E-state index contributed by atoms with van der Waals surface area (Å²) < 4.78 is 0. The van der Waals surface area contributed by atoms with E-state index in [0.29, 0.717) is 12.1 Å². The van der Waals surface area contributed by atoms with E-state index in [1.54, 1.807) is 0 Å². The molecule has 0 bridgehead atoms. The molecule has 0 saturated carbocycles. The number of rotatable bonds is 0. The zero-order chi connectivity index (χ0) is 16.6. The summed E-state index contributed by atoms with van der Waals surface area (Å²) in [4.78, 5) is 0. The van der Waals surface area contributed by atoms with E-state index < -0.39 is 0 Å². The first-order chi connectivity index (χ1) is 10.2. The van der Waals surface area contributed by atoms with Crippen molar-refractivity contribution in [3.63, 3.8) is 0 Å². The van der Waals surface area contributed by atoms with E-state index >= 15 is 0 Å². The summed E-state index contributed by atoms with van der Waals surface area (Å²) in [5, 5.41) is 14.7. The lowest BCUT2D eigenvalue weighted by Crippen LogP contribution is -2.48. The Hall–Kier alpha value is -0.160. The minimum absolute atomic E-state index is 0.204. The van der Waals surface area contributed by atoms with E-state index in [4.69, 9.17) is 0 Å². The molecule has 22 heavy (non-hydrogen) atoms. The van der Waals surface area contributed by atoms with Crippen LogP contribution < -0.4 is 21.3 Å². The molecule has 0 aromatic heterocycles. The van der Waals surface area contributed by atoms with Crippen molar-refractivity contribution >= 4 is 0 Å². The predicted molar refractivity (Wildman–Crippen MR) is 97.6 cm³/mol. The molecule has 0 aliphatic carbocycles. The van der Waals surface area contributed by atoms with Gasteiger partial charge in [-0.3, -0.25) is 0 Å². The van der Waals surface area contributed by atoms with Crippen LogP contribution in [-0.4, -0.2) is 49.3 Å². The molecule has 1 rings (SSSR count). The van der Waals surface area contributed by atoms with Gasteiger partial charge in [-0.15, -0.1) is 0 Å². The van der Waals surface area contributed by atoms with Crippen molar-refractivity contribution in [2.75, 3.05) is 26.2 Å². The lowest BCUT2D eigenvalue weighted by Gasteiger charge is -2.32. The maximum Gasteiger partial charge on any atom is 0.0139 e. The molecule has 0 unspecified atom stereocenters. The molecule has 4 heteroatoms. The smallest absolute Gasteiger partial charge is 0.0139 e. The molecule has 1 aliphatic rings. The summed E-state index contributed by atoms with van der Waals surface area (Å²) in [5.74, 6) is 0. The van der Waals surface area contributed by atoms with Gasteiger partial charge in [-0.25, -0.2) is 0 Å². The molecule has 4 N–H and O–H groups in total. The number of hydrogen-bond donors (Lipinski definition) is 4. The van der Waals surface area contributed by atoms with E-state index in [0.717, 1.165) is 39.0 Å². The standard InChI is InChI=1S/C18H40N4/c1-15-13-17(3,4)21-12-8-10-20-16(2)14-18(5,6)22-11-7-9-19-15/h15-16,19-22H,7-14H2,1-6H3/t15-,16-/m0/s1. The molecule has 1 saturated heterocycles. The highest BCUT2D eigenvalue weighted by atomic mass is 15.0. The average Bonchev–Trinajstić information content (AvgIpc) is 2.35. The molecule has 1 aliphatic heterocycles. The zero-order valence-corrected chi connectivity index (χ0v) is 15.8. The van der Waals surface area contributed by atoms with Crippen molar-refractivity contribution < 1.29 is 0 Å². The Labute approximate surface area is 138 Å². The van der Waals surface area contributed by atoms with Crippen molar-refractivity contribution in [3.05, 3.63) is 0 Å². The van der Waals surface area contributed by atoms with Gasteiger partial charge in [0, 0.05) is 23.2 Å². The minimum atomic E-state index is 0.204. The van der Waals surface area contributed by atoms with Gasteiger partial charge in [-0.2, -0.15) is 0 Å². The van der Waals surface area contributed by atoms with Crippen LogP contribution in [0.5, 0.6) is 0 Å². The largest absolute Gasteiger partial charge is 0.314 e. The van der Waals surface area contributed by atoms with Crippen LogP contribution in [0.3, 0.4) is 0 Å². The monoisotopic (exact) mass is 312 g/mol. The molecular formula is C18H40N4. The average molecular weight is 313 g/mol. The van der Waals surface area contributed by atoms with E-state index in [2.05, 4.69) is 62.8 Å². The zero-order valence-electron chi connectivity index (χ0n) is 15.8. The van der Waals surface area contributed by atoms with Crippen LogP contribution in [0, 0.1) is 0 Å². The van der Waals surface area contributed by atoms with Gasteiger partial charge >= 0.3 is 0 Å². The Morgan fingerprint density at radius 2 is 1.00 bits per heavy atom. The molecule has 0 radical (unpaired) electrons. The van der Waals surface area contributed by atoms with Gasteiger partial charge < -0.3 is 21.3 Å². The van der Waals surface area contributed by atoms with Crippen LogP contribution in [0.15, 0.2) is 0 Å². The molecule has 2 atom stereocenters. The molecule has 132 valence electrons. The van der Waals surface area contributed by atoms with Crippen LogP contribution in [0.4, 0.5) is 0 Å². The summed E-state index contributed by atoms with van der Waals surface area (Å²) >= 11 is 0. The van der Waals surface area contributed by atoms with Gasteiger partial charge in [-0.05, 0) is 93.4 Å². The molecule has 1 fully saturated rings. The summed E-state index contributed by atoms with van der Waals surface area (Å²) in [6, 6.07) is 1.11. The third-order valence-electron chi connectivity index (χ3n) is 4.53. The summed E-state index contributed by atoms with van der Waals surface area (Å²) in [6.45, 7) is 18.2. The van der Waals surface area contributed by atoms with Crippen molar-refractivity contribution in [2.24, 2.45) is 0 Å². The predicted octanol–water partition coefficient (Wildman–Crippen LogP) is 2.25. The normalized spacial score (nSPS) is 32.5. The molecule has 1 heterocycles. The van der Waals surface area contributed by atoms with Crippen molar-refractivity contribution in [3.8, 4) is 0 Å².